The topological polar surface area (TPSA) is 147 Å². The number of nitrogen functional groups attached to an aromatic ring is 4. The number of halogens is 2. The molecule has 8 N–H and O–H groups in total. The number of ketones is 2. The van der Waals surface area contributed by atoms with Crippen molar-refractivity contribution in [3.05, 3.63) is 68.9 Å². The largest absolute Gasteiger partial charge is 0.455 e. The van der Waals surface area contributed by atoms with E-state index in [-0.39, 0.29) is 56.5 Å². The summed E-state index contributed by atoms with van der Waals surface area (Å²) in [6.07, 6.45) is 0. The molecule has 0 aliphatic heterocycles. The van der Waals surface area contributed by atoms with Gasteiger partial charge in [-0.05, 0) is 34.1 Å². The third kappa shape index (κ3) is 2.78. The average molecular weight is 457 g/mol. The monoisotopic (exact) mass is 456 g/mol. The summed E-state index contributed by atoms with van der Waals surface area (Å²) in [4.78, 5) is 26.3. The van der Waals surface area contributed by atoms with Crippen LogP contribution in [-0.4, -0.2) is 11.6 Å². The van der Waals surface area contributed by atoms with Gasteiger partial charge in [-0.1, -0.05) is 6.07 Å². The first kappa shape index (κ1) is 18.8. The molecule has 3 aromatic rings. The maximum Gasteiger partial charge on any atom is 0.199 e. The zero-order valence-corrected chi connectivity index (χ0v) is 16.3. The highest BCUT2D eigenvalue weighted by Crippen LogP contribution is 2.44. The lowest BCUT2D eigenvalue weighted by Crippen LogP contribution is -2.26. The highest BCUT2D eigenvalue weighted by Gasteiger charge is 2.38. The molecule has 29 heavy (non-hydrogen) atoms. The van der Waals surface area contributed by atoms with Gasteiger partial charge in [-0.25, -0.2) is 4.39 Å². The second-order valence-corrected chi connectivity index (χ2v) is 7.31. The van der Waals surface area contributed by atoms with E-state index in [1.54, 1.807) is 0 Å². The van der Waals surface area contributed by atoms with Gasteiger partial charge in [0.2, 0.25) is 0 Å². The Morgan fingerprint density at radius 2 is 1.38 bits per heavy atom. The number of carbonyl (C=O) groups excluding carboxylic acids is 2. The lowest BCUT2D eigenvalue weighted by Gasteiger charge is -2.24. The molecule has 0 radical (unpaired) electrons. The number of hydrogen-bond acceptors (Lipinski definition) is 7. The van der Waals surface area contributed by atoms with Crippen LogP contribution in [-0.2, 0) is 0 Å². The number of anilines is 4. The number of benzene rings is 3. The number of fused-ring (bicyclic) bond motifs is 2. The molecule has 9 heteroatoms. The maximum absolute atomic E-state index is 13.5. The molecule has 146 valence electrons. The highest BCUT2D eigenvalue weighted by molar-refractivity contribution is 9.10. The molecule has 0 heterocycles. The summed E-state index contributed by atoms with van der Waals surface area (Å²) in [5.41, 5.74) is 24.0. The fraction of sp³-hybridized carbons (Fsp3) is 0. The van der Waals surface area contributed by atoms with Crippen LogP contribution in [0.1, 0.15) is 31.8 Å². The van der Waals surface area contributed by atoms with Gasteiger partial charge in [0, 0.05) is 28.0 Å². The van der Waals surface area contributed by atoms with Crippen molar-refractivity contribution >= 4 is 50.2 Å². The van der Waals surface area contributed by atoms with Gasteiger partial charge in [0.15, 0.2) is 17.3 Å². The van der Waals surface area contributed by atoms with Crippen LogP contribution in [0.25, 0.3) is 0 Å². The van der Waals surface area contributed by atoms with Gasteiger partial charge in [-0.3, -0.25) is 9.59 Å². The second-order valence-electron chi connectivity index (χ2n) is 6.46. The molecule has 3 aromatic carbocycles. The molecule has 1 aliphatic rings. The van der Waals surface area contributed by atoms with Crippen LogP contribution in [0.4, 0.5) is 27.1 Å². The first-order valence-electron chi connectivity index (χ1n) is 8.33. The molecule has 7 nitrogen and oxygen atoms in total. The van der Waals surface area contributed by atoms with Crippen molar-refractivity contribution in [3.8, 4) is 11.5 Å². The Balaban J connectivity index is 1.94. The third-order valence-electron chi connectivity index (χ3n) is 4.64. The van der Waals surface area contributed by atoms with Gasteiger partial charge < -0.3 is 27.7 Å². The van der Waals surface area contributed by atoms with Crippen LogP contribution in [0, 0.1) is 5.82 Å². The maximum atomic E-state index is 13.5. The zero-order valence-electron chi connectivity index (χ0n) is 14.8. The third-order valence-corrected chi connectivity index (χ3v) is 5.30. The summed E-state index contributed by atoms with van der Waals surface area (Å²) in [5, 5.41) is 0. The molecule has 0 saturated heterocycles. The minimum absolute atomic E-state index is 0.0120. The number of rotatable bonds is 2. The normalized spacial score (nSPS) is 12.5. The quantitative estimate of drug-likeness (QED) is 0.337. The predicted octanol–water partition coefficient (Wildman–Crippen LogP) is 3.48. The molecular formula is C20H14BrFN4O3. The summed E-state index contributed by atoms with van der Waals surface area (Å²) < 4.78 is 19.4. The van der Waals surface area contributed by atoms with Crippen LogP contribution >= 0.6 is 15.9 Å². The van der Waals surface area contributed by atoms with Crippen molar-refractivity contribution in [2.24, 2.45) is 0 Å². The van der Waals surface area contributed by atoms with Gasteiger partial charge in [0.25, 0.3) is 0 Å². The van der Waals surface area contributed by atoms with Crippen molar-refractivity contribution in [2.75, 3.05) is 22.9 Å². The van der Waals surface area contributed by atoms with Gasteiger partial charge in [-0.2, -0.15) is 0 Å². The number of hydrogen-bond donors (Lipinski definition) is 4. The molecule has 0 bridgehead atoms. The Kier molecular flexibility index (Phi) is 4.20. The van der Waals surface area contributed by atoms with Crippen molar-refractivity contribution in [1.82, 2.24) is 0 Å². The van der Waals surface area contributed by atoms with Crippen LogP contribution in [0.15, 0.2) is 40.9 Å². The fourth-order valence-corrected chi connectivity index (χ4v) is 3.78. The zero-order chi connectivity index (χ0) is 21.0. The summed E-state index contributed by atoms with van der Waals surface area (Å²) in [6.45, 7) is 0. The van der Waals surface area contributed by atoms with E-state index in [4.69, 9.17) is 27.7 Å². The van der Waals surface area contributed by atoms with Gasteiger partial charge in [-0.15, -0.1) is 0 Å². The Hall–Kier alpha value is -3.59. The molecule has 1 aliphatic carbocycles. The number of carbonyl (C=O) groups is 2. The summed E-state index contributed by atoms with van der Waals surface area (Å²) >= 11 is 3.23. The van der Waals surface area contributed by atoms with Gasteiger partial charge in [0.1, 0.15) is 11.6 Å². The number of nitrogens with two attached hydrogens (primary N) is 4. The second kappa shape index (κ2) is 6.49. The Bertz CT molecular complexity index is 1240. The van der Waals surface area contributed by atoms with E-state index in [0.717, 1.165) is 6.07 Å². The molecule has 0 aromatic heterocycles. The molecule has 4 rings (SSSR count). The first-order valence-corrected chi connectivity index (χ1v) is 9.12. The molecular weight excluding hydrogens is 443 g/mol. The van der Waals surface area contributed by atoms with Crippen LogP contribution in [0.5, 0.6) is 11.5 Å². The minimum atomic E-state index is -0.603. The van der Waals surface area contributed by atoms with E-state index < -0.39 is 17.4 Å². The predicted molar refractivity (Wildman–Crippen MR) is 112 cm³/mol. The smallest absolute Gasteiger partial charge is 0.199 e. The van der Waals surface area contributed by atoms with Crippen LogP contribution in [0.3, 0.4) is 0 Å². The Morgan fingerprint density at radius 1 is 0.793 bits per heavy atom. The lowest BCUT2D eigenvalue weighted by molar-refractivity contribution is 0.0981. The van der Waals surface area contributed by atoms with Crippen molar-refractivity contribution in [2.45, 2.75) is 0 Å². The average Bonchev–Trinajstić information content (AvgIpc) is 2.65. The van der Waals surface area contributed by atoms with Crippen molar-refractivity contribution < 1.29 is 18.7 Å². The summed E-state index contributed by atoms with van der Waals surface area (Å²) in [6, 6.07) is 8.12. The van der Waals surface area contributed by atoms with Gasteiger partial charge >= 0.3 is 0 Å². The van der Waals surface area contributed by atoms with Crippen molar-refractivity contribution in [3.63, 3.8) is 0 Å². The van der Waals surface area contributed by atoms with Crippen LogP contribution in [0.2, 0.25) is 0 Å². The highest BCUT2D eigenvalue weighted by atomic mass is 79.9. The molecule has 0 unspecified atom stereocenters. The van der Waals surface area contributed by atoms with E-state index in [9.17, 15) is 14.0 Å². The minimum Gasteiger partial charge on any atom is -0.455 e. The SMILES string of the molecule is Nc1cc(Br)c(N)c2c1C(=O)c1c(N)cc(Oc3cccc(F)c3)c(N)c1C2=O. The Labute approximate surface area is 172 Å². The van der Waals surface area contributed by atoms with E-state index >= 15 is 0 Å². The molecule has 0 fully saturated rings. The summed E-state index contributed by atoms with van der Waals surface area (Å²) in [5.74, 6) is -1.52. The molecule has 0 saturated carbocycles. The first-order chi connectivity index (χ1) is 13.7. The van der Waals surface area contributed by atoms with Crippen molar-refractivity contribution in [1.29, 1.82) is 0 Å². The van der Waals surface area contributed by atoms with E-state index in [0.29, 0.717) is 4.47 Å². The number of ether oxygens (including phenoxy) is 1. The standard InChI is InChI=1S/C20H14BrFN4O3/c21-9-5-10(23)13-15(17(9)25)20(28)16-14(19(13)27)11(24)6-12(18(16)26)29-8-3-1-2-7(22)4-8/h1-6H,23-26H2. The molecule has 0 spiro atoms. The fourth-order valence-electron chi connectivity index (χ4n) is 3.33. The lowest BCUT2D eigenvalue weighted by atomic mass is 9.80. The van der Waals surface area contributed by atoms with Gasteiger partial charge in [0.05, 0.1) is 33.6 Å². The molecule has 0 atom stereocenters. The van der Waals surface area contributed by atoms with Crippen LogP contribution < -0.4 is 27.7 Å². The van der Waals surface area contributed by atoms with E-state index in [1.165, 1.54) is 30.3 Å². The van der Waals surface area contributed by atoms with E-state index in [1.807, 2.05) is 0 Å². The summed E-state index contributed by atoms with van der Waals surface area (Å²) in [7, 11) is 0. The molecule has 0 amide bonds. The van der Waals surface area contributed by atoms with E-state index in [2.05, 4.69) is 15.9 Å². The Morgan fingerprint density at radius 3 is 2.03 bits per heavy atom.